The van der Waals surface area contributed by atoms with Gasteiger partial charge in [-0.1, -0.05) is 19.7 Å². The van der Waals surface area contributed by atoms with Crippen molar-refractivity contribution < 1.29 is 19.1 Å². The van der Waals surface area contributed by atoms with Crippen LogP contribution >= 0.6 is 0 Å². The van der Waals surface area contributed by atoms with Crippen LogP contribution in [0.3, 0.4) is 0 Å². The van der Waals surface area contributed by atoms with Gasteiger partial charge in [0.2, 0.25) is 0 Å². The quantitative estimate of drug-likeness (QED) is 0.392. The van der Waals surface area contributed by atoms with Crippen LogP contribution in [-0.2, 0) is 19.1 Å². The molecule has 0 aliphatic heterocycles. The molecule has 0 saturated heterocycles. The van der Waals surface area contributed by atoms with Crippen LogP contribution in [-0.4, -0.2) is 19.0 Å². The largest absolute Gasteiger partial charge is 0.466 e. The van der Waals surface area contributed by atoms with Gasteiger partial charge in [-0.2, -0.15) is 0 Å². The van der Waals surface area contributed by atoms with Gasteiger partial charge in [-0.05, 0) is 6.92 Å². The van der Waals surface area contributed by atoms with Gasteiger partial charge < -0.3 is 9.47 Å². The molecule has 0 aromatic heterocycles. The first kappa shape index (κ1) is 14.7. The van der Waals surface area contributed by atoms with Crippen LogP contribution in [0.4, 0.5) is 0 Å². The average molecular weight is 198 g/mol. The molecule has 0 spiro atoms. The number of ether oxygens (including phenoxy) is 2. The molecular weight excluding hydrogens is 184 g/mol. The molecule has 0 aliphatic rings. The lowest BCUT2D eigenvalue weighted by atomic mass is 10.4. The minimum Gasteiger partial charge on any atom is -0.466 e. The number of hydrogen-bond donors (Lipinski definition) is 0. The lowest BCUT2D eigenvalue weighted by Gasteiger charge is -1.91. The molecule has 0 aromatic rings. The smallest absolute Gasteiger partial charge is 0.334 e. The van der Waals surface area contributed by atoms with Crippen molar-refractivity contribution in [1.29, 1.82) is 0 Å². The Morgan fingerprint density at radius 2 is 1.79 bits per heavy atom. The molecule has 0 saturated carbocycles. The highest BCUT2D eigenvalue weighted by atomic mass is 16.5. The normalized spacial score (nSPS) is 7.29. The minimum absolute atomic E-state index is 0.347. The van der Waals surface area contributed by atoms with Gasteiger partial charge >= 0.3 is 11.9 Å². The second-order valence-corrected chi connectivity index (χ2v) is 2.08. The molecular formula is C10H14O4. The maximum atomic E-state index is 10.2. The van der Waals surface area contributed by atoms with Crippen molar-refractivity contribution in [2.24, 2.45) is 0 Å². The maximum Gasteiger partial charge on any atom is 0.334 e. The van der Waals surface area contributed by atoms with Crippen LogP contribution in [0, 0.1) is 0 Å². The minimum atomic E-state index is -0.477. The molecule has 0 rings (SSSR count). The van der Waals surface area contributed by atoms with E-state index in [1.54, 1.807) is 6.92 Å². The SMILES string of the molecule is C=C(C)C(=O)OC.C=COC(=O)C=C. The Hall–Kier alpha value is -1.84. The van der Waals surface area contributed by atoms with Crippen molar-refractivity contribution in [1.82, 2.24) is 0 Å². The van der Waals surface area contributed by atoms with E-state index in [4.69, 9.17) is 0 Å². The number of carbonyl (C=O) groups excluding carboxylic acids is 2. The first-order valence-corrected chi connectivity index (χ1v) is 3.67. The second kappa shape index (κ2) is 9.25. The maximum absolute atomic E-state index is 10.2. The summed E-state index contributed by atoms with van der Waals surface area (Å²) in [5.74, 6) is -0.824. The van der Waals surface area contributed by atoms with E-state index in [1.165, 1.54) is 7.11 Å². The van der Waals surface area contributed by atoms with Crippen molar-refractivity contribution in [3.8, 4) is 0 Å². The highest BCUT2D eigenvalue weighted by Crippen LogP contribution is 1.87. The van der Waals surface area contributed by atoms with Gasteiger partial charge in [0, 0.05) is 11.6 Å². The van der Waals surface area contributed by atoms with Crippen LogP contribution in [0.2, 0.25) is 0 Å². The molecule has 14 heavy (non-hydrogen) atoms. The van der Waals surface area contributed by atoms with E-state index >= 15 is 0 Å². The highest BCUT2D eigenvalue weighted by Gasteiger charge is 1.95. The van der Waals surface area contributed by atoms with E-state index in [-0.39, 0.29) is 5.97 Å². The summed E-state index contributed by atoms with van der Waals surface area (Å²) in [4.78, 5) is 20.2. The van der Waals surface area contributed by atoms with Crippen LogP contribution < -0.4 is 0 Å². The molecule has 0 bridgehead atoms. The third kappa shape index (κ3) is 10.2. The lowest BCUT2D eigenvalue weighted by Crippen LogP contribution is -1.98. The molecule has 4 nitrogen and oxygen atoms in total. The Kier molecular flexibility index (Phi) is 9.69. The Morgan fingerprint density at radius 1 is 1.29 bits per heavy atom. The zero-order valence-corrected chi connectivity index (χ0v) is 8.41. The first-order chi connectivity index (χ1) is 6.49. The number of methoxy groups -OCH3 is 1. The van der Waals surface area contributed by atoms with Crippen LogP contribution in [0.5, 0.6) is 0 Å². The molecule has 0 fully saturated rings. The van der Waals surface area contributed by atoms with E-state index in [0.29, 0.717) is 5.57 Å². The molecule has 0 atom stereocenters. The fourth-order valence-corrected chi connectivity index (χ4v) is 0.304. The van der Waals surface area contributed by atoms with Gasteiger partial charge in [0.1, 0.15) is 0 Å². The third-order valence-corrected chi connectivity index (χ3v) is 0.900. The number of rotatable bonds is 3. The lowest BCUT2D eigenvalue weighted by molar-refractivity contribution is -0.136. The van der Waals surface area contributed by atoms with E-state index in [1.807, 2.05) is 0 Å². The van der Waals surface area contributed by atoms with Crippen molar-refractivity contribution in [3.05, 3.63) is 37.6 Å². The van der Waals surface area contributed by atoms with Crippen LogP contribution in [0.15, 0.2) is 37.6 Å². The molecule has 4 heteroatoms. The summed E-state index contributed by atoms with van der Waals surface area (Å²) < 4.78 is 8.47. The van der Waals surface area contributed by atoms with E-state index in [0.717, 1.165) is 12.3 Å². The molecule has 0 N–H and O–H groups in total. The van der Waals surface area contributed by atoms with Crippen molar-refractivity contribution in [2.45, 2.75) is 6.92 Å². The third-order valence-electron chi connectivity index (χ3n) is 0.900. The van der Waals surface area contributed by atoms with Gasteiger partial charge in [-0.25, -0.2) is 9.59 Å². The van der Waals surface area contributed by atoms with E-state index in [9.17, 15) is 9.59 Å². The number of esters is 2. The van der Waals surface area contributed by atoms with Crippen molar-refractivity contribution in [2.75, 3.05) is 7.11 Å². The van der Waals surface area contributed by atoms with Crippen molar-refractivity contribution >= 4 is 11.9 Å². The Labute approximate surface area is 83.5 Å². The predicted octanol–water partition coefficient (Wildman–Crippen LogP) is 1.59. The van der Waals surface area contributed by atoms with Gasteiger partial charge in [0.05, 0.1) is 13.4 Å². The molecule has 0 unspecified atom stereocenters. The number of carbonyl (C=O) groups is 2. The average Bonchev–Trinajstić information content (AvgIpc) is 2.17. The Morgan fingerprint density at radius 3 is 1.86 bits per heavy atom. The molecule has 78 valence electrons. The summed E-state index contributed by atoms with van der Waals surface area (Å²) in [6.45, 7) is 11.3. The van der Waals surface area contributed by atoms with Crippen molar-refractivity contribution in [3.63, 3.8) is 0 Å². The second-order valence-electron chi connectivity index (χ2n) is 2.08. The molecule has 0 amide bonds. The summed E-state index contributed by atoms with van der Waals surface area (Å²) in [6.07, 6.45) is 2.13. The zero-order chi connectivity index (χ0) is 11.6. The van der Waals surface area contributed by atoms with E-state index in [2.05, 4.69) is 29.2 Å². The summed E-state index contributed by atoms with van der Waals surface area (Å²) in [5, 5.41) is 0. The fourth-order valence-electron chi connectivity index (χ4n) is 0.304. The highest BCUT2D eigenvalue weighted by molar-refractivity contribution is 5.86. The van der Waals surface area contributed by atoms with Gasteiger partial charge in [0.15, 0.2) is 0 Å². The van der Waals surface area contributed by atoms with Gasteiger partial charge in [0.25, 0.3) is 0 Å². The topological polar surface area (TPSA) is 52.6 Å². The zero-order valence-electron chi connectivity index (χ0n) is 8.41. The standard InChI is InChI=1S/C5H8O2.C5H6O2/c1-4(2)5(6)7-3;1-3-5(6)7-4-2/h1H2,2-3H3;3-4H,1-2H2. The summed E-state index contributed by atoms with van der Waals surface area (Å²) >= 11 is 0. The molecule has 0 radical (unpaired) electrons. The monoisotopic (exact) mass is 198 g/mol. The van der Waals surface area contributed by atoms with Gasteiger partial charge in [-0.15, -0.1) is 0 Å². The van der Waals surface area contributed by atoms with Crippen LogP contribution in [0.1, 0.15) is 6.92 Å². The molecule has 0 aromatic carbocycles. The summed E-state index contributed by atoms with van der Waals surface area (Å²) in [7, 11) is 1.33. The van der Waals surface area contributed by atoms with Crippen LogP contribution in [0.25, 0.3) is 0 Å². The van der Waals surface area contributed by atoms with E-state index < -0.39 is 5.97 Å². The van der Waals surface area contributed by atoms with Gasteiger partial charge in [-0.3, -0.25) is 0 Å². The molecule has 0 aliphatic carbocycles. The Bertz CT molecular complexity index is 241. The fraction of sp³-hybridized carbons (Fsp3) is 0.200. The first-order valence-electron chi connectivity index (χ1n) is 3.67. The summed E-state index contributed by atoms with van der Waals surface area (Å²) in [5.41, 5.74) is 0.433. The predicted molar refractivity (Wildman–Crippen MR) is 53.3 cm³/mol. The molecule has 0 heterocycles. The summed E-state index contributed by atoms with van der Waals surface area (Å²) in [6, 6.07) is 0. The Balaban J connectivity index is 0. The number of hydrogen-bond acceptors (Lipinski definition) is 4.